The summed E-state index contributed by atoms with van der Waals surface area (Å²) in [4.78, 5) is 4.60. The van der Waals surface area contributed by atoms with Crippen LogP contribution in [0.5, 0.6) is 0 Å². The summed E-state index contributed by atoms with van der Waals surface area (Å²) in [6.07, 6.45) is 8.04. The second-order valence-electron chi connectivity index (χ2n) is 6.50. The van der Waals surface area contributed by atoms with Crippen LogP contribution in [0.3, 0.4) is 0 Å². The van der Waals surface area contributed by atoms with Crippen molar-refractivity contribution in [3.05, 3.63) is 18.2 Å². The summed E-state index contributed by atoms with van der Waals surface area (Å²) in [5, 5.41) is 3.66. The van der Waals surface area contributed by atoms with Gasteiger partial charge < -0.3 is 9.88 Å². The second kappa shape index (κ2) is 5.43. The Labute approximate surface area is 111 Å². The van der Waals surface area contributed by atoms with Crippen molar-refractivity contribution in [2.75, 3.05) is 6.54 Å². The van der Waals surface area contributed by atoms with Gasteiger partial charge in [-0.25, -0.2) is 4.98 Å². The average molecular weight is 249 g/mol. The van der Waals surface area contributed by atoms with Crippen molar-refractivity contribution in [3.63, 3.8) is 0 Å². The molecule has 1 N–H and O–H groups in total. The van der Waals surface area contributed by atoms with E-state index in [9.17, 15) is 0 Å². The standard InChI is InChI=1S/C15H27N3/c1-5-18-10-9-16-14(18)13-8-6-7-12(13)11-17-15(2,3)4/h9-10,12-13,17H,5-8,11H2,1-4H3. The fourth-order valence-corrected chi connectivity index (χ4v) is 2.98. The summed E-state index contributed by atoms with van der Waals surface area (Å²) in [6, 6.07) is 0. The van der Waals surface area contributed by atoms with Gasteiger partial charge in [0.05, 0.1) is 0 Å². The van der Waals surface area contributed by atoms with Gasteiger partial charge in [0.15, 0.2) is 0 Å². The fourth-order valence-electron chi connectivity index (χ4n) is 2.98. The van der Waals surface area contributed by atoms with Crippen molar-refractivity contribution in [3.8, 4) is 0 Å². The molecule has 1 aliphatic rings. The van der Waals surface area contributed by atoms with Gasteiger partial charge in [0.1, 0.15) is 5.82 Å². The SMILES string of the molecule is CCn1ccnc1C1CCCC1CNC(C)(C)C. The number of aromatic nitrogens is 2. The Morgan fingerprint density at radius 3 is 2.83 bits per heavy atom. The molecule has 0 bridgehead atoms. The molecule has 0 radical (unpaired) electrons. The Balaban J connectivity index is 2.03. The van der Waals surface area contributed by atoms with Crippen LogP contribution in [0.25, 0.3) is 0 Å². The molecule has 1 fully saturated rings. The van der Waals surface area contributed by atoms with Crippen LogP contribution >= 0.6 is 0 Å². The minimum absolute atomic E-state index is 0.216. The molecule has 1 heterocycles. The van der Waals surface area contributed by atoms with Gasteiger partial charge in [-0.2, -0.15) is 0 Å². The van der Waals surface area contributed by atoms with Crippen LogP contribution in [0.1, 0.15) is 58.7 Å². The fraction of sp³-hybridized carbons (Fsp3) is 0.800. The van der Waals surface area contributed by atoms with Crippen molar-refractivity contribution >= 4 is 0 Å². The molecule has 0 saturated heterocycles. The van der Waals surface area contributed by atoms with Crippen LogP contribution in [0.4, 0.5) is 0 Å². The van der Waals surface area contributed by atoms with Crippen LogP contribution in [0, 0.1) is 5.92 Å². The summed E-state index contributed by atoms with van der Waals surface area (Å²) in [6.45, 7) is 11.1. The third kappa shape index (κ3) is 3.14. The normalized spacial score (nSPS) is 24.7. The maximum Gasteiger partial charge on any atom is 0.112 e. The van der Waals surface area contributed by atoms with Gasteiger partial charge in [0, 0.05) is 30.4 Å². The Bertz CT molecular complexity index is 375. The molecule has 2 unspecified atom stereocenters. The van der Waals surface area contributed by atoms with E-state index >= 15 is 0 Å². The molecule has 0 amide bonds. The van der Waals surface area contributed by atoms with E-state index in [1.165, 1.54) is 25.1 Å². The van der Waals surface area contributed by atoms with Crippen LogP contribution < -0.4 is 5.32 Å². The third-order valence-electron chi connectivity index (χ3n) is 3.97. The van der Waals surface area contributed by atoms with E-state index in [1.807, 2.05) is 6.20 Å². The van der Waals surface area contributed by atoms with E-state index in [4.69, 9.17) is 0 Å². The molecular weight excluding hydrogens is 222 g/mol. The molecule has 102 valence electrons. The van der Waals surface area contributed by atoms with Gasteiger partial charge >= 0.3 is 0 Å². The van der Waals surface area contributed by atoms with E-state index in [-0.39, 0.29) is 5.54 Å². The lowest BCUT2D eigenvalue weighted by Crippen LogP contribution is -2.39. The zero-order chi connectivity index (χ0) is 13.2. The first-order valence-corrected chi connectivity index (χ1v) is 7.27. The number of imidazole rings is 1. The van der Waals surface area contributed by atoms with Gasteiger partial charge in [0.25, 0.3) is 0 Å². The lowest BCUT2D eigenvalue weighted by molar-refractivity contribution is 0.348. The molecule has 1 saturated carbocycles. The molecule has 0 spiro atoms. The number of nitrogens with one attached hydrogen (secondary N) is 1. The van der Waals surface area contributed by atoms with Crippen molar-refractivity contribution in [1.29, 1.82) is 0 Å². The quantitative estimate of drug-likeness (QED) is 0.888. The lowest BCUT2D eigenvalue weighted by atomic mass is 9.94. The molecule has 18 heavy (non-hydrogen) atoms. The van der Waals surface area contributed by atoms with Gasteiger partial charge in [-0.05, 0) is 53.0 Å². The number of nitrogens with zero attached hydrogens (tertiary/aromatic N) is 2. The van der Waals surface area contributed by atoms with Gasteiger partial charge in [-0.15, -0.1) is 0 Å². The highest BCUT2D eigenvalue weighted by molar-refractivity contribution is 5.06. The third-order valence-corrected chi connectivity index (χ3v) is 3.97. The van der Waals surface area contributed by atoms with E-state index < -0.39 is 0 Å². The van der Waals surface area contributed by atoms with Crippen molar-refractivity contribution in [2.45, 2.75) is 65.0 Å². The zero-order valence-corrected chi connectivity index (χ0v) is 12.2. The molecule has 1 aromatic heterocycles. The summed E-state index contributed by atoms with van der Waals surface area (Å²) in [5.41, 5.74) is 0.216. The number of rotatable bonds is 4. The predicted octanol–water partition coefficient (Wildman–Crippen LogP) is 3.17. The smallest absolute Gasteiger partial charge is 0.112 e. The Morgan fingerprint density at radius 2 is 2.17 bits per heavy atom. The van der Waals surface area contributed by atoms with Gasteiger partial charge in [-0.3, -0.25) is 0 Å². The van der Waals surface area contributed by atoms with Crippen molar-refractivity contribution in [2.24, 2.45) is 5.92 Å². The number of aryl methyl sites for hydroxylation is 1. The van der Waals surface area contributed by atoms with Crippen LogP contribution in [-0.4, -0.2) is 21.6 Å². The monoisotopic (exact) mass is 249 g/mol. The van der Waals surface area contributed by atoms with Gasteiger partial charge in [-0.1, -0.05) is 6.42 Å². The summed E-state index contributed by atoms with van der Waals surface area (Å²) in [7, 11) is 0. The first-order chi connectivity index (χ1) is 8.51. The van der Waals surface area contributed by atoms with Crippen LogP contribution in [0.2, 0.25) is 0 Å². The average Bonchev–Trinajstić information content (AvgIpc) is 2.93. The highest BCUT2D eigenvalue weighted by Crippen LogP contribution is 2.38. The minimum Gasteiger partial charge on any atom is -0.335 e. The molecule has 0 aromatic carbocycles. The largest absolute Gasteiger partial charge is 0.335 e. The van der Waals surface area contributed by atoms with Crippen molar-refractivity contribution in [1.82, 2.24) is 14.9 Å². The van der Waals surface area contributed by atoms with Gasteiger partial charge in [0.2, 0.25) is 0 Å². The minimum atomic E-state index is 0.216. The molecule has 2 atom stereocenters. The molecule has 1 aromatic rings. The topological polar surface area (TPSA) is 29.9 Å². The number of hydrogen-bond donors (Lipinski definition) is 1. The number of hydrogen-bond acceptors (Lipinski definition) is 2. The van der Waals surface area contributed by atoms with E-state index in [2.05, 4.69) is 48.8 Å². The first-order valence-electron chi connectivity index (χ1n) is 7.27. The molecule has 3 heteroatoms. The Morgan fingerprint density at radius 1 is 1.39 bits per heavy atom. The maximum atomic E-state index is 4.60. The summed E-state index contributed by atoms with van der Waals surface area (Å²) < 4.78 is 2.31. The Kier molecular flexibility index (Phi) is 4.10. The van der Waals surface area contributed by atoms with Crippen molar-refractivity contribution < 1.29 is 0 Å². The molecule has 0 aliphatic heterocycles. The van der Waals surface area contributed by atoms with Crippen LogP contribution in [0.15, 0.2) is 12.4 Å². The van der Waals surface area contributed by atoms with Crippen LogP contribution in [-0.2, 0) is 6.54 Å². The molecule has 3 nitrogen and oxygen atoms in total. The summed E-state index contributed by atoms with van der Waals surface area (Å²) in [5.74, 6) is 2.70. The first kappa shape index (κ1) is 13.6. The maximum absolute atomic E-state index is 4.60. The van der Waals surface area contributed by atoms with E-state index in [1.54, 1.807) is 0 Å². The highest BCUT2D eigenvalue weighted by Gasteiger charge is 2.31. The zero-order valence-electron chi connectivity index (χ0n) is 12.2. The summed E-state index contributed by atoms with van der Waals surface area (Å²) >= 11 is 0. The lowest BCUT2D eigenvalue weighted by Gasteiger charge is -2.26. The molecular formula is C15H27N3. The Hall–Kier alpha value is -0.830. The highest BCUT2D eigenvalue weighted by atomic mass is 15.1. The van der Waals surface area contributed by atoms with E-state index in [0.29, 0.717) is 5.92 Å². The van der Waals surface area contributed by atoms with E-state index in [0.717, 1.165) is 19.0 Å². The molecule has 2 rings (SSSR count). The predicted molar refractivity (Wildman–Crippen MR) is 75.7 cm³/mol. The second-order valence-corrected chi connectivity index (χ2v) is 6.50. The molecule has 1 aliphatic carbocycles.